The van der Waals surface area contributed by atoms with Gasteiger partial charge in [0.15, 0.2) is 0 Å². The summed E-state index contributed by atoms with van der Waals surface area (Å²) in [6.07, 6.45) is 4.87. The van der Waals surface area contributed by atoms with Crippen molar-refractivity contribution in [3.63, 3.8) is 0 Å². The van der Waals surface area contributed by atoms with Gasteiger partial charge in [0.1, 0.15) is 28.1 Å². The van der Waals surface area contributed by atoms with Gasteiger partial charge < -0.3 is 28.9 Å². The number of hydrogen-bond acceptors (Lipinski definition) is 6. The minimum absolute atomic E-state index is 0.195. The predicted octanol–water partition coefficient (Wildman–Crippen LogP) is 6.69. The van der Waals surface area contributed by atoms with Crippen LogP contribution in [0.1, 0.15) is 22.3 Å². The van der Waals surface area contributed by atoms with Crippen molar-refractivity contribution in [1.82, 2.24) is 10.6 Å². The summed E-state index contributed by atoms with van der Waals surface area (Å²) in [4.78, 5) is 29.0. The van der Waals surface area contributed by atoms with Crippen molar-refractivity contribution >= 4 is 33.8 Å². The minimum atomic E-state index is -1.45. The first-order valence-corrected chi connectivity index (χ1v) is 15.7. The largest absolute Gasteiger partial charge is 0.497 e. The van der Waals surface area contributed by atoms with Crippen LogP contribution >= 0.6 is 0 Å². The maximum absolute atomic E-state index is 14.5. The molecule has 240 valence electrons. The molecule has 8 heteroatoms. The van der Waals surface area contributed by atoms with Crippen LogP contribution in [0, 0.1) is 5.41 Å². The molecule has 0 unspecified atom stereocenters. The first-order chi connectivity index (χ1) is 23.0. The number of benzene rings is 4. The Labute approximate surface area is 273 Å². The Kier molecular flexibility index (Phi) is 9.57. The molecule has 2 heterocycles. The molecule has 0 aliphatic rings. The summed E-state index contributed by atoms with van der Waals surface area (Å²) in [7, 11) is 3.26. The van der Waals surface area contributed by atoms with Crippen LogP contribution < -0.4 is 20.1 Å². The van der Waals surface area contributed by atoms with Crippen LogP contribution in [0.3, 0.4) is 0 Å². The summed E-state index contributed by atoms with van der Waals surface area (Å²) >= 11 is 0. The van der Waals surface area contributed by atoms with E-state index in [0.29, 0.717) is 25.9 Å². The third-order valence-corrected chi connectivity index (χ3v) is 8.63. The highest BCUT2D eigenvalue weighted by atomic mass is 16.5. The molecule has 0 saturated heterocycles. The zero-order valence-electron chi connectivity index (χ0n) is 26.6. The Morgan fingerprint density at radius 2 is 0.979 bits per heavy atom. The van der Waals surface area contributed by atoms with Gasteiger partial charge in [0, 0.05) is 23.9 Å². The summed E-state index contributed by atoms with van der Waals surface area (Å²) in [5.74, 6) is 0.889. The van der Waals surface area contributed by atoms with E-state index in [2.05, 4.69) is 10.6 Å². The topological polar surface area (TPSA) is 103 Å². The molecule has 6 rings (SSSR count). The normalized spacial score (nSPS) is 11.4. The molecule has 2 N–H and O–H groups in total. The smallest absolute Gasteiger partial charge is 0.236 e. The molecule has 0 aliphatic heterocycles. The van der Waals surface area contributed by atoms with E-state index in [9.17, 15) is 9.59 Å². The summed E-state index contributed by atoms with van der Waals surface area (Å²) in [5, 5.41) is 8.08. The van der Waals surface area contributed by atoms with Crippen molar-refractivity contribution in [2.45, 2.75) is 25.7 Å². The first kappa shape index (κ1) is 31.5. The molecule has 4 aromatic carbocycles. The van der Waals surface area contributed by atoms with Crippen LogP contribution in [0.4, 0.5) is 0 Å². The predicted molar refractivity (Wildman–Crippen MR) is 182 cm³/mol. The second kappa shape index (κ2) is 14.3. The van der Waals surface area contributed by atoms with Gasteiger partial charge in [-0.2, -0.15) is 0 Å². The molecule has 0 atom stereocenters. The fraction of sp³-hybridized carbons (Fsp3) is 0.231. The van der Waals surface area contributed by atoms with Gasteiger partial charge in [0.25, 0.3) is 0 Å². The zero-order chi connectivity index (χ0) is 32.6. The lowest BCUT2D eigenvalue weighted by atomic mass is 9.74. The maximum Gasteiger partial charge on any atom is 0.236 e. The SMILES string of the molecule is COc1ccc(CCNC(=O)C(Cc2ccc3occc3c2)(Cc2ccc3occc3c2)C(=O)NCCc2ccc(OC)cc2)cc1. The molecule has 0 fully saturated rings. The number of fused-ring (bicyclic) bond motifs is 2. The van der Waals surface area contributed by atoms with Crippen LogP contribution in [-0.2, 0) is 35.3 Å². The number of ether oxygens (including phenoxy) is 2. The molecule has 2 amide bonds. The molecule has 0 bridgehead atoms. The van der Waals surface area contributed by atoms with E-state index in [1.807, 2.05) is 97.1 Å². The van der Waals surface area contributed by atoms with Gasteiger partial charge in [-0.3, -0.25) is 9.59 Å². The first-order valence-electron chi connectivity index (χ1n) is 15.7. The molecule has 2 aromatic heterocycles. The van der Waals surface area contributed by atoms with Crippen LogP contribution in [0.5, 0.6) is 11.5 Å². The van der Waals surface area contributed by atoms with Crippen LogP contribution in [-0.4, -0.2) is 39.1 Å². The Bertz CT molecular complexity index is 1810. The summed E-state index contributed by atoms with van der Waals surface area (Å²) < 4.78 is 21.7. The molecular weight excluding hydrogens is 592 g/mol. The van der Waals surface area contributed by atoms with E-state index in [-0.39, 0.29) is 24.7 Å². The number of methoxy groups -OCH3 is 2. The summed E-state index contributed by atoms with van der Waals surface area (Å²) in [6, 6.07) is 30.9. The van der Waals surface area contributed by atoms with Gasteiger partial charge in [0.05, 0.1) is 26.7 Å². The summed E-state index contributed by atoms with van der Waals surface area (Å²) in [5.41, 5.74) is 3.87. The van der Waals surface area contributed by atoms with Crippen LogP contribution in [0.25, 0.3) is 21.9 Å². The number of rotatable bonds is 14. The second-order valence-corrected chi connectivity index (χ2v) is 11.7. The molecule has 0 spiro atoms. The molecule has 6 aromatic rings. The third kappa shape index (κ3) is 7.33. The fourth-order valence-electron chi connectivity index (χ4n) is 6.00. The van der Waals surface area contributed by atoms with Crippen molar-refractivity contribution in [3.8, 4) is 11.5 Å². The molecule has 8 nitrogen and oxygen atoms in total. The number of carbonyl (C=O) groups excluding carboxylic acids is 2. The second-order valence-electron chi connectivity index (χ2n) is 11.7. The Hall–Kier alpha value is -5.50. The van der Waals surface area contributed by atoms with Crippen molar-refractivity contribution in [3.05, 3.63) is 132 Å². The summed E-state index contributed by atoms with van der Waals surface area (Å²) in [6.45, 7) is 0.737. The Morgan fingerprint density at radius 3 is 1.38 bits per heavy atom. The molecule has 47 heavy (non-hydrogen) atoms. The number of carbonyl (C=O) groups is 2. The highest BCUT2D eigenvalue weighted by Crippen LogP contribution is 2.32. The van der Waals surface area contributed by atoms with Crippen LogP contribution in [0.15, 0.2) is 118 Å². The maximum atomic E-state index is 14.5. The lowest BCUT2D eigenvalue weighted by Gasteiger charge is -2.32. The Morgan fingerprint density at radius 1 is 0.574 bits per heavy atom. The van der Waals surface area contributed by atoms with E-state index >= 15 is 0 Å². The highest BCUT2D eigenvalue weighted by Gasteiger charge is 2.46. The zero-order valence-corrected chi connectivity index (χ0v) is 26.6. The van der Waals surface area contributed by atoms with E-state index in [0.717, 1.165) is 55.7 Å². The number of amides is 2. The number of furan rings is 2. The van der Waals surface area contributed by atoms with Crippen molar-refractivity contribution in [1.29, 1.82) is 0 Å². The highest BCUT2D eigenvalue weighted by molar-refractivity contribution is 6.06. The van der Waals surface area contributed by atoms with Gasteiger partial charge in [-0.05, 0) is 109 Å². The number of nitrogens with one attached hydrogen (secondary N) is 2. The lowest BCUT2D eigenvalue weighted by molar-refractivity contribution is -0.143. The van der Waals surface area contributed by atoms with Gasteiger partial charge >= 0.3 is 0 Å². The van der Waals surface area contributed by atoms with E-state index in [1.54, 1.807) is 26.7 Å². The van der Waals surface area contributed by atoms with Crippen molar-refractivity contribution < 1.29 is 27.9 Å². The standard InChI is InChI=1S/C39H38N2O6/c1-44-33-9-3-27(4-10-33)15-19-40-37(42)39(25-29-7-13-35-31(23-29)17-21-46-35,26-30-8-14-36-32(24-30)18-22-47-36)38(43)41-20-16-28-5-11-34(45-2)12-6-28/h3-14,17-18,21-24H,15-16,19-20,25-26H2,1-2H3,(H,40,42)(H,41,43). The number of hydrogen-bond donors (Lipinski definition) is 2. The lowest BCUT2D eigenvalue weighted by Crippen LogP contribution is -2.54. The fourth-order valence-corrected chi connectivity index (χ4v) is 6.00. The van der Waals surface area contributed by atoms with Crippen LogP contribution in [0.2, 0.25) is 0 Å². The minimum Gasteiger partial charge on any atom is -0.497 e. The molecular formula is C39H38N2O6. The quantitative estimate of drug-likeness (QED) is 0.130. The molecule has 0 radical (unpaired) electrons. The van der Waals surface area contributed by atoms with Gasteiger partial charge in [-0.1, -0.05) is 36.4 Å². The average Bonchev–Trinajstić information content (AvgIpc) is 3.77. The average molecular weight is 631 g/mol. The molecule has 0 aliphatic carbocycles. The Balaban J connectivity index is 1.30. The van der Waals surface area contributed by atoms with Gasteiger partial charge in [0.2, 0.25) is 11.8 Å². The van der Waals surface area contributed by atoms with E-state index in [4.69, 9.17) is 18.3 Å². The van der Waals surface area contributed by atoms with E-state index in [1.165, 1.54) is 0 Å². The molecule has 0 saturated carbocycles. The third-order valence-electron chi connectivity index (χ3n) is 8.63. The van der Waals surface area contributed by atoms with Crippen molar-refractivity contribution in [2.75, 3.05) is 27.3 Å². The van der Waals surface area contributed by atoms with Gasteiger partial charge in [-0.15, -0.1) is 0 Å². The monoisotopic (exact) mass is 630 g/mol. The van der Waals surface area contributed by atoms with E-state index < -0.39 is 5.41 Å². The van der Waals surface area contributed by atoms with Crippen molar-refractivity contribution in [2.24, 2.45) is 5.41 Å². The van der Waals surface area contributed by atoms with Gasteiger partial charge in [-0.25, -0.2) is 0 Å².